The van der Waals surface area contributed by atoms with Gasteiger partial charge in [-0.2, -0.15) is 0 Å². The van der Waals surface area contributed by atoms with E-state index in [0.717, 1.165) is 22.6 Å². The minimum absolute atomic E-state index is 0.0336. The number of carbonyl (C=O) groups is 1. The number of benzene rings is 3. The first-order valence-electron chi connectivity index (χ1n) is 10.5. The van der Waals surface area contributed by atoms with Crippen LogP contribution in [0.3, 0.4) is 0 Å². The molecule has 5 nitrogen and oxygen atoms in total. The number of carbonyl (C=O) groups excluding carboxylic acids is 1. The lowest BCUT2D eigenvalue weighted by Gasteiger charge is -2.27. The predicted octanol–water partition coefficient (Wildman–Crippen LogP) is 6.33. The van der Waals surface area contributed by atoms with Crippen molar-refractivity contribution in [3.8, 4) is 5.75 Å². The molecule has 0 aliphatic rings. The molecule has 2 N–H and O–H groups in total. The summed E-state index contributed by atoms with van der Waals surface area (Å²) in [5, 5.41) is 1.08. The van der Waals surface area contributed by atoms with Crippen LogP contribution in [0.15, 0.2) is 84.2 Å². The molecule has 0 aliphatic carbocycles. The number of anilines is 1. The van der Waals surface area contributed by atoms with Crippen molar-refractivity contribution in [2.24, 2.45) is 5.73 Å². The van der Waals surface area contributed by atoms with Crippen molar-refractivity contribution in [2.75, 3.05) is 11.5 Å². The molecule has 0 saturated carbocycles. The zero-order chi connectivity index (χ0) is 23.8. The number of rotatable bonds is 9. The Morgan fingerprint density at radius 2 is 1.70 bits per heavy atom. The molecular formula is C26H26Cl2N2O3. The summed E-state index contributed by atoms with van der Waals surface area (Å²) in [5.41, 5.74) is 9.45. The summed E-state index contributed by atoms with van der Waals surface area (Å²) < 4.78 is 11.0. The third-order valence-corrected chi connectivity index (χ3v) is 5.62. The maximum atomic E-state index is 12.3. The topological polar surface area (TPSA) is 64.8 Å². The largest absolute Gasteiger partial charge is 0.489 e. The molecule has 0 saturated heterocycles. The highest BCUT2D eigenvalue weighted by molar-refractivity contribution is 6.35. The highest BCUT2D eigenvalue weighted by atomic mass is 35.5. The van der Waals surface area contributed by atoms with E-state index in [0.29, 0.717) is 28.9 Å². The number of allylic oxidation sites excluding steroid dienone is 1. The van der Waals surface area contributed by atoms with E-state index in [1.165, 1.54) is 0 Å². The Labute approximate surface area is 204 Å². The number of hydrogen-bond donors (Lipinski definition) is 1. The Hall–Kier alpha value is -3.15. The van der Waals surface area contributed by atoms with Crippen LogP contribution in [0.2, 0.25) is 10.0 Å². The molecule has 33 heavy (non-hydrogen) atoms. The highest BCUT2D eigenvalue weighted by Crippen LogP contribution is 2.29. The van der Waals surface area contributed by atoms with Crippen LogP contribution >= 0.6 is 23.2 Å². The Morgan fingerprint density at radius 1 is 1.00 bits per heavy atom. The van der Waals surface area contributed by atoms with Gasteiger partial charge >= 0.3 is 5.97 Å². The quantitative estimate of drug-likeness (QED) is 0.283. The van der Waals surface area contributed by atoms with Gasteiger partial charge in [-0.25, -0.2) is 4.79 Å². The molecule has 0 aromatic heterocycles. The van der Waals surface area contributed by atoms with Crippen molar-refractivity contribution >= 4 is 34.9 Å². The standard InChI is InChI=1S/C26H26Cl2N2O3/c1-3-32-26(31)25(29)18(2)30(16-20-9-10-21(27)15-24(20)28)22-11-13-23(14-12-22)33-17-19-7-5-4-6-8-19/h4-15H,3,16-17,29H2,1-2H3/b25-18-. The number of halogens is 2. The van der Waals surface area contributed by atoms with E-state index >= 15 is 0 Å². The predicted molar refractivity (Wildman–Crippen MR) is 133 cm³/mol. The van der Waals surface area contributed by atoms with Gasteiger partial charge in [-0.1, -0.05) is 59.6 Å². The second-order valence-electron chi connectivity index (χ2n) is 7.31. The zero-order valence-corrected chi connectivity index (χ0v) is 20.1. The van der Waals surface area contributed by atoms with Crippen LogP contribution in [0.5, 0.6) is 5.75 Å². The van der Waals surface area contributed by atoms with E-state index in [9.17, 15) is 4.79 Å². The molecule has 0 bridgehead atoms. The summed E-state index contributed by atoms with van der Waals surface area (Å²) in [7, 11) is 0. The van der Waals surface area contributed by atoms with Gasteiger partial charge in [0, 0.05) is 28.0 Å². The molecule has 0 amide bonds. The molecule has 0 spiro atoms. The fourth-order valence-electron chi connectivity index (χ4n) is 3.19. The number of nitrogens with two attached hydrogens (primary N) is 1. The van der Waals surface area contributed by atoms with Crippen molar-refractivity contribution in [3.05, 3.63) is 105 Å². The van der Waals surface area contributed by atoms with E-state index in [-0.39, 0.29) is 12.3 Å². The van der Waals surface area contributed by atoms with E-state index in [1.54, 1.807) is 26.0 Å². The molecular weight excluding hydrogens is 459 g/mol. The normalized spacial score (nSPS) is 11.5. The first-order valence-corrected chi connectivity index (χ1v) is 11.3. The lowest BCUT2D eigenvalue weighted by Crippen LogP contribution is -2.27. The summed E-state index contributed by atoms with van der Waals surface area (Å²) in [6, 6.07) is 22.8. The Bertz CT molecular complexity index is 1120. The molecule has 3 aromatic rings. The maximum Gasteiger partial charge on any atom is 0.355 e. The Kier molecular flexibility index (Phi) is 8.64. The van der Waals surface area contributed by atoms with Crippen LogP contribution in [-0.2, 0) is 22.7 Å². The molecule has 0 unspecified atom stereocenters. The zero-order valence-electron chi connectivity index (χ0n) is 18.6. The second-order valence-corrected chi connectivity index (χ2v) is 8.15. The maximum absolute atomic E-state index is 12.3. The molecule has 0 fully saturated rings. The SMILES string of the molecule is CCOC(=O)/C(N)=C(\C)N(Cc1ccc(Cl)cc1Cl)c1ccc(OCc2ccccc2)cc1. The second kappa shape index (κ2) is 11.6. The molecule has 7 heteroatoms. The molecule has 172 valence electrons. The van der Waals surface area contributed by atoms with E-state index in [2.05, 4.69) is 0 Å². The van der Waals surface area contributed by atoms with Crippen LogP contribution in [0, 0.1) is 0 Å². The monoisotopic (exact) mass is 484 g/mol. The van der Waals surface area contributed by atoms with Crippen molar-refractivity contribution in [3.63, 3.8) is 0 Å². The van der Waals surface area contributed by atoms with Crippen LogP contribution in [-0.4, -0.2) is 12.6 Å². The van der Waals surface area contributed by atoms with Crippen molar-refractivity contribution in [1.29, 1.82) is 0 Å². The lowest BCUT2D eigenvalue weighted by atomic mass is 10.1. The van der Waals surface area contributed by atoms with Gasteiger partial charge in [0.15, 0.2) is 0 Å². The van der Waals surface area contributed by atoms with Gasteiger partial charge in [0.2, 0.25) is 0 Å². The molecule has 0 atom stereocenters. The minimum atomic E-state index is -0.565. The average molecular weight is 485 g/mol. The summed E-state index contributed by atoms with van der Waals surface area (Å²) in [6.07, 6.45) is 0. The summed E-state index contributed by atoms with van der Waals surface area (Å²) >= 11 is 12.5. The van der Waals surface area contributed by atoms with Crippen molar-refractivity contribution in [2.45, 2.75) is 27.0 Å². The van der Waals surface area contributed by atoms with Gasteiger partial charge in [-0.15, -0.1) is 0 Å². The van der Waals surface area contributed by atoms with Gasteiger partial charge in [-0.3, -0.25) is 0 Å². The molecule has 3 rings (SSSR count). The fourth-order valence-corrected chi connectivity index (χ4v) is 3.66. The number of nitrogens with zero attached hydrogens (tertiary/aromatic N) is 1. The Morgan fingerprint density at radius 3 is 2.33 bits per heavy atom. The van der Waals surface area contributed by atoms with E-state index in [1.807, 2.05) is 65.6 Å². The van der Waals surface area contributed by atoms with Crippen LogP contribution in [0.1, 0.15) is 25.0 Å². The van der Waals surface area contributed by atoms with Crippen LogP contribution in [0.4, 0.5) is 5.69 Å². The molecule has 0 heterocycles. The van der Waals surface area contributed by atoms with E-state index < -0.39 is 5.97 Å². The van der Waals surface area contributed by atoms with Crippen LogP contribution < -0.4 is 15.4 Å². The van der Waals surface area contributed by atoms with Gasteiger partial charge in [0.1, 0.15) is 18.1 Å². The molecule has 0 radical (unpaired) electrons. The van der Waals surface area contributed by atoms with Crippen molar-refractivity contribution in [1.82, 2.24) is 0 Å². The van der Waals surface area contributed by atoms with Crippen LogP contribution in [0.25, 0.3) is 0 Å². The van der Waals surface area contributed by atoms with Gasteiger partial charge in [-0.05, 0) is 61.4 Å². The summed E-state index contributed by atoms with van der Waals surface area (Å²) in [5.74, 6) is 0.164. The van der Waals surface area contributed by atoms with Gasteiger partial charge in [0.05, 0.1) is 6.61 Å². The van der Waals surface area contributed by atoms with Gasteiger partial charge < -0.3 is 20.1 Å². The first-order chi connectivity index (χ1) is 15.9. The minimum Gasteiger partial charge on any atom is -0.489 e. The smallest absolute Gasteiger partial charge is 0.355 e. The number of hydrogen-bond acceptors (Lipinski definition) is 5. The summed E-state index contributed by atoms with van der Waals surface area (Å²) in [6.45, 7) is 4.60. The first kappa shape index (κ1) is 24.5. The molecule has 3 aromatic carbocycles. The molecule has 0 aliphatic heterocycles. The van der Waals surface area contributed by atoms with Gasteiger partial charge in [0.25, 0.3) is 0 Å². The van der Waals surface area contributed by atoms with E-state index in [4.69, 9.17) is 38.4 Å². The highest BCUT2D eigenvalue weighted by Gasteiger charge is 2.19. The average Bonchev–Trinajstić information content (AvgIpc) is 2.82. The number of ether oxygens (including phenoxy) is 2. The summed E-state index contributed by atoms with van der Waals surface area (Å²) in [4.78, 5) is 14.2. The third kappa shape index (κ3) is 6.67. The number of esters is 1. The Balaban J connectivity index is 1.87. The fraction of sp³-hybridized carbons (Fsp3) is 0.192. The third-order valence-electron chi connectivity index (χ3n) is 5.03. The lowest BCUT2D eigenvalue weighted by molar-refractivity contribution is -0.138. The van der Waals surface area contributed by atoms with Crippen molar-refractivity contribution < 1.29 is 14.3 Å².